The standard InChI is InChI=1S/C18H20FN3O2/c1-12(2)22(11-17(20)23)18(24)15-5-3-4-6-16(15)21-14-9-7-13(19)8-10-14/h3-10,12,21H,11H2,1-2H3,(H2,20,23). The Morgan fingerprint density at radius 2 is 1.75 bits per heavy atom. The second-order valence-corrected chi connectivity index (χ2v) is 5.67. The maximum atomic E-state index is 13.0. The molecule has 0 heterocycles. The number of amides is 2. The van der Waals surface area contributed by atoms with Crippen molar-refractivity contribution in [1.29, 1.82) is 0 Å². The summed E-state index contributed by atoms with van der Waals surface area (Å²) in [5.74, 6) is -1.20. The molecule has 0 radical (unpaired) electrons. The molecule has 0 aromatic heterocycles. The van der Waals surface area contributed by atoms with Crippen molar-refractivity contribution in [3.05, 3.63) is 59.9 Å². The molecule has 0 unspecified atom stereocenters. The molecule has 0 saturated heterocycles. The van der Waals surface area contributed by atoms with Crippen molar-refractivity contribution >= 4 is 23.2 Å². The van der Waals surface area contributed by atoms with E-state index in [-0.39, 0.29) is 24.3 Å². The van der Waals surface area contributed by atoms with Crippen molar-refractivity contribution in [1.82, 2.24) is 4.90 Å². The third-order valence-corrected chi connectivity index (χ3v) is 3.49. The van der Waals surface area contributed by atoms with Crippen LogP contribution in [0.15, 0.2) is 48.5 Å². The third-order valence-electron chi connectivity index (χ3n) is 3.49. The van der Waals surface area contributed by atoms with E-state index in [1.807, 2.05) is 13.8 Å². The van der Waals surface area contributed by atoms with E-state index in [9.17, 15) is 14.0 Å². The number of carbonyl (C=O) groups is 2. The summed E-state index contributed by atoms with van der Waals surface area (Å²) in [5, 5.41) is 3.10. The number of anilines is 2. The van der Waals surface area contributed by atoms with Gasteiger partial charge in [0.1, 0.15) is 5.82 Å². The zero-order valence-corrected chi connectivity index (χ0v) is 13.6. The minimum Gasteiger partial charge on any atom is -0.368 e. The van der Waals surface area contributed by atoms with Crippen LogP contribution in [0.4, 0.5) is 15.8 Å². The van der Waals surface area contributed by atoms with E-state index in [0.29, 0.717) is 16.9 Å². The van der Waals surface area contributed by atoms with Crippen molar-refractivity contribution in [2.24, 2.45) is 5.73 Å². The van der Waals surface area contributed by atoms with Crippen LogP contribution in [0.2, 0.25) is 0 Å². The molecule has 3 N–H and O–H groups in total. The highest BCUT2D eigenvalue weighted by atomic mass is 19.1. The topological polar surface area (TPSA) is 75.4 Å². The van der Waals surface area contributed by atoms with Gasteiger partial charge in [-0.2, -0.15) is 0 Å². The molecular formula is C18H20FN3O2. The Morgan fingerprint density at radius 1 is 1.12 bits per heavy atom. The number of primary amides is 1. The molecule has 2 aromatic carbocycles. The first-order valence-corrected chi connectivity index (χ1v) is 7.59. The van der Waals surface area contributed by atoms with Gasteiger partial charge in [0.05, 0.1) is 17.8 Å². The number of rotatable bonds is 6. The van der Waals surface area contributed by atoms with Gasteiger partial charge < -0.3 is 16.0 Å². The molecule has 2 amide bonds. The molecule has 0 saturated carbocycles. The van der Waals surface area contributed by atoms with Crippen LogP contribution in [0.3, 0.4) is 0 Å². The lowest BCUT2D eigenvalue weighted by Gasteiger charge is -2.26. The van der Waals surface area contributed by atoms with Gasteiger partial charge in [0, 0.05) is 11.7 Å². The number of benzene rings is 2. The number of nitrogens with one attached hydrogen (secondary N) is 1. The van der Waals surface area contributed by atoms with E-state index >= 15 is 0 Å². The Labute approximate surface area is 140 Å². The largest absolute Gasteiger partial charge is 0.368 e. The van der Waals surface area contributed by atoms with E-state index < -0.39 is 5.91 Å². The average molecular weight is 329 g/mol. The molecule has 0 fully saturated rings. The number of hydrogen-bond acceptors (Lipinski definition) is 3. The van der Waals surface area contributed by atoms with Gasteiger partial charge in [-0.05, 0) is 50.2 Å². The molecular weight excluding hydrogens is 309 g/mol. The lowest BCUT2D eigenvalue weighted by molar-refractivity contribution is -0.119. The maximum Gasteiger partial charge on any atom is 0.256 e. The summed E-state index contributed by atoms with van der Waals surface area (Å²) in [7, 11) is 0. The molecule has 0 bridgehead atoms. The number of hydrogen-bond donors (Lipinski definition) is 2. The second-order valence-electron chi connectivity index (χ2n) is 5.67. The molecule has 5 nitrogen and oxygen atoms in total. The van der Waals surface area contributed by atoms with Crippen LogP contribution >= 0.6 is 0 Å². The molecule has 0 atom stereocenters. The fraction of sp³-hybridized carbons (Fsp3) is 0.222. The number of carbonyl (C=O) groups excluding carboxylic acids is 2. The van der Waals surface area contributed by atoms with Crippen LogP contribution in [0, 0.1) is 5.82 Å². The van der Waals surface area contributed by atoms with Crippen LogP contribution in [0.5, 0.6) is 0 Å². The summed E-state index contributed by atoms with van der Waals surface area (Å²) in [6.07, 6.45) is 0. The SMILES string of the molecule is CC(C)N(CC(N)=O)C(=O)c1ccccc1Nc1ccc(F)cc1. The van der Waals surface area contributed by atoms with Crippen LogP contribution < -0.4 is 11.1 Å². The Morgan fingerprint density at radius 3 is 2.33 bits per heavy atom. The van der Waals surface area contributed by atoms with Gasteiger partial charge in [0.25, 0.3) is 5.91 Å². The van der Waals surface area contributed by atoms with Crippen molar-refractivity contribution < 1.29 is 14.0 Å². The fourth-order valence-electron chi connectivity index (χ4n) is 2.28. The highest BCUT2D eigenvalue weighted by Crippen LogP contribution is 2.23. The third kappa shape index (κ3) is 4.32. The number of para-hydroxylation sites is 1. The van der Waals surface area contributed by atoms with Crippen LogP contribution in [0.25, 0.3) is 0 Å². The zero-order valence-electron chi connectivity index (χ0n) is 13.6. The molecule has 0 aliphatic rings. The maximum absolute atomic E-state index is 13.0. The van der Waals surface area contributed by atoms with Crippen molar-refractivity contribution in [3.63, 3.8) is 0 Å². The Bertz CT molecular complexity index is 729. The van der Waals surface area contributed by atoms with Crippen LogP contribution in [-0.2, 0) is 4.79 Å². The Hall–Kier alpha value is -2.89. The van der Waals surface area contributed by atoms with Crippen LogP contribution in [-0.4, -0.2) is 29.3 Å². The first-order chi connectivity index (χ1) is 11.4. The van der Waals surface area contributed by atoms with Gasteiger partial charge in [0.15, 0.2) is 0 Å². The normalized spacial score (nSPS) is 10.5. The van der Waals surface area contributed by atoms with E-state index in [1.165, 1.54) is 17.0 Å². The van der Waals surface area contributed by atoms with Crippen molar-refractivity contribution in [3.8, 4) is 0 Å². The summed E-state index contributed by atoms with van der Waals surface area (Å²) in [6.45, 7) is 3.48. The number of nitrogens with two attached hydrogens (primary N) is 1. The van der Waals surface area contributed by atoms with Crippen molar-refractivity contribution in [2.75, 3.05) is 11.9 Å². The van der Waals surface area contributed by atoms with Gasteiger partial charge >= 0.3 is 0 Å². The number of halogens is 1. The quantitative estimate of drug-likeness (QED) is 0.855. The summed E-state index contributed by atoms with van der Waals surface area (Å²) < 4.78 is 13.0. The van der Waals surface area contributed by atoms with Gasteiger partial charge in [-0.15, -0.1) is 0 Å². The Balaban J connectivity index is 2.31. The molecule has 0 spiro atoms. The molecule has 0 aliphatic carbocycles. The first-order valence-electron chi connectivity index (χ1n) is 7.59. The lowest BCUT2D eigenvalue weighted by Crippen LogP contribution is -2.42. The van der Waals surface area contributed by atoms with E-state index in [1.54, 1.807) is 36.4 Å². The monoisotopic (exact) mass is 329 g/mol. The van der Waals surface area contributed by atoms with E-state index in [4.69, 9.17) is 5.73 Å². The first kappa shape index (κ1) is 17.5. The predicted octanol–water partition coefficient (Wildman–Crippen LogP) is 2.91. The van der Waals surface area contributed by atoms with Gasteiger partial charge in [-0.1, -0.05) is 12.1 Å². The Kier molecular flexibility index (Phi) is 5.52. The fourth-order valence-corrected chi connectivity index (χ4v) is 2.28. The van der Waals surface area contributed by atoms with E-state index in [2.05, 4.69) is 5.32 Å². The molecule has 24 heavy (non-hydrogen) atoms. The average Bonchev–Trinajstić information content (AvgIpc) is 2.54. The highest BCUT2D eigenvalue weighted by molar-refractivity contribution is 6.01. The smallest absolute Gasteiger partial charge is 0.256 e. The minimum absolute atomic E-state index is 0.151. The molecule has 0 aliphatic heterocycles. The molecule has 126 valence electrons. The predicted molar refractivity (Wildman–Crippen MR) is 91.5 cm³/mol. The minimum atomic E-state index is -0.568. The van der Waals surface area contributed by atoms with E-state index in [0.717, 1.165) is 0 Å². The number of nitrogens with zero attached hydrogens (tertiary/aromatic N) is 1. The summed E-state index contributed by atoms with van der Waals surface area (Å²) >= 11 is 0. The molecule has 6 heteroatoms. The molecule has 2 aromatic rings. The zero-order chi connectivity index (χ0) is 17.7. The summed E-state index contributed by atoms with van der Waals surface area (Å²) in [4.78, 5) is 25.5. The van der Waals surface area contributed by atoms with Gasteiger partial charge in [-0.25, -0.2) is 4.39 Å². The lowest BCUT2D eigenvalue weighted by atomic mass is 10.1. The van der Waals surface area contributed by atoms with Gasteiger partial charge in [-0.3, -0.25) is 9.59 Å². The van der Waals surface area contributed by atoms with Crippen LogP contribution in [0.1, 0.15) is 24.2 Å². The molecule has 2 rings (SSSR count). The van der Waals surface area contributed by atoms with Crippen molar-refractivity contribution in [2.45, 2.75) is 19.9 Å². The summed E-state index contributed by atoms with van der Waals surface area (Å²) in [6, 6.07) is 12.6. The second kappa shape index (κ2) is 7.59. The highest BCUT2D eigenvalue weighted by Gasteiger charge is 2.22. The summed E-state index contributed by atoms with van der Waals surface area (Å²) in [5.41, 5.74) is 6.88. The van der Waals surface area contributed by atoms with Gasteiger partial charge in [0.2, 0.25) is 5.91 Å².